The van der Waals surface area contributed by atoms with Gasteiger partial charge in [0, 0.05) is 55.4 Å². The summed E-state index contributed by atoms with van der Waals surface area (Å²) < 4.78 is 0. The van der Waals surface area contributed by atoms with E-state index in [2.05, 4.69) is 96.7 Å². The van der Waals surface area contributed by atoms with Gasteiger partial charge in [0.05, 0.1) is 0 Å². The molecule has 2 fully saturated rings. The highest BCUT2D eigenvalue weighted by Gasteiger charge is 2.45. The first-order chi connectivity index (χ1) is 19.4. The molecule has 4 heteroatoms. The summed E-state index contributed by atoms with van der Waals surface area (Å²) in [5.41, 5.74) is 10.3. The van der Waals surface area contributed by atoms with E-state index in [1.54, 1.807) is 11.1 Å². The summed E-state index contributed by atoms with van der Waals surface area (Å²) in [6, 6.07) is 19.8. The molecule has 0 amide bonds. The Balaban J connectivity index is 0.000000259. The maximum absolute atomic E-state index is 8.81. The lowest BCUT2D eigenvalue weighted by Gasteiger charge is -2.56. The van der Waals surface area contributed by atoms with Crippen LogP contribution in [0.2, 0.25) is 0 Å². The van der Waals surface area contributed by atoms with Gasteiger partial charge in [-0.25, -0.2) is 0 Å². The monoisotopic (exact) mass is 537 g/mol. The molecule has 40 heavy (non-hydrogen) atoms. The van der Waals surface area contributed by atoms with Crippen LogP contribution < -0.4 is 4.90 Å². The molecule has 0 N–H and O–H groups in total. The van der Waals surface area contributed by atoms with Gasteiger partial charge in [-0.05, 0) is 104 Å². The third-order valence-corrected chi connectivity index (χ3v) is 9.02. The number of likely N-dealkylation sites (tertiary alicyclic amines) is 1. The van der Waals surface area contributed by atoms with Crippen LogP contribution in [-0.2, 0) is 17.6 Å². The standard InChI is InChI=1S/C25H31N3.C9H12.C2H4O/c1-19-4-3-5-21-6-7-22(16-24(19)21)20(2)28-17-25(18-28)10-14-27(15-11-25)23-8-12-26-13-9-23;1-3-9-7-5-4-6-8(9)2;1-2-3/h6-9,12-13,16,19H,2-5,10-11,14-15,17-18H2,1H3;4-7H,3H2,1-2H3;2H,1H3. The number of benzene rings is 2. The molecule has 2 aromatic carbocycles. The maximum atomic E-state index is 8.81. The summed E-state index contributed by atoms with van der Waals surface area (Å²) in [6.07, 6.45) is 12.1. The van der Waals surface area contributed by atoms with Crippen LogP contribution in [0.15, 0.2) is 73.6 Å². The predicted molar refractivity (Wildman–Crippen MR) is 169 cm³/mol. The van der Waals surface area contributed by atoms with E-state index in [1.807, 2.05) is 12.4 Å². The molecule has 6 rings (SSSR count). The molecular weight excluding hydrogens is 490 g/mol. The third-order valence-electron chi connectivity index (χ3n) is 9.02. The van der Waals surface area contributed by atoms with Crippen molar-refractivity contribution in [3.05, 3.63) is 101 Å². The van der Waals surface area contributed by atoms with Crippen LogP contribution in [0.5, 0.6) is 0 Å². The second-order valence-corrected chi connectivity index (χ2v) is 11.7. The van der Waals surface area contributed by atoms with Crippen molar-refractivity contribution in [3.8, 4) is 0 Å². The number of fused-ring (bicyclic) bond motifs is 1. The quantitative estimate of drug-likeness (QED) is 0.318. The second kappa shape index (κ2) is 13.8. The summed E-state index contributed by atoms with van der Waals surface area (Å²) in [5, 5.41) is 0. The summed E-state index contributed by atoms with van der Waals surface area (Å²) in [6.45, 7) is 17.3. The minimum absolute atomic E-state index is 0.494. The van der Waals surface area contributed by atoms with E-state index in [4.69, 9.17) is 4.79 Å². The van der Waals surface area contributed by atoms with E-state index < -0.39 is 0 Å². The number of aldehydes is 1. The summed E-state index contributed by atoms with van der Waals surface area (Å²) in [5.74, 6) is 0.691. The first-order valence-electron chi connectivity index (χ1n) is 15.1. The zero-order chi connectivity index (χ0) is 28.5. The van der Waals surface area contributed by atoms with Gasteiger partial charge in [0.15, 0.2) is 0 Å². The van der Waals surface area contributed by atoms with Crippen molar-refractivity contribution in [2.75, 3.05) is 31.1 Å². The number of carbonyl (C=O) groups excluding carboxylic acids is 1. The number of aromatic nitrogens is 1. The molecule has 212 valence electrons. The van der Waals surface area contributed by atoms with Crippen LogP contribution in [-0.4, -0.2) is 42.3 Å². The number of nitrogens with zero attached hydrogens (tertiary/aromatic N) is 3. The number of anilines is 1. The zero-order valence-electron chi connectivity index (χ0n) is 25.0. The number of aryl methyl sites for hydroxylation is 3. The molecule has 2 saturated heterocycles. The Morgan fingerprint density at radius 3 is 2.38 bits per heavy atom. The number of pyridine rings is 1. The average molecular weight is 538 g/mol. The maximum Gasteiger partial charge on any atom is 0.116 e. The van der Waals surface area contributed by atoms with Gasteiger partial charge in [-0.15, -0.1) is 0 Å². The Morgan fingerprint density at radius 1 is 1.07 bits per heavy atom. The van der Waals surface area contributed by atoms with Crippen molar-refractivity contribution < 1.29 is 4.79 Å². The Labute approximate surface area is 242 Å². The molecule has 1 aromatic heterocycles. The van der Waals surface area contributed by atoms with Crippen LogP contribution in [0.3, 0.4) is 0 Å². The fourth-order valence-corrected chi connectivity index (χ4v) is 6.47. The molecule has 1 atom stereocenters. The van der Waals surface area contributed by atoms with Crippen molar-refractivity contribution in [1.82, 2.24) is 9.88 Å². The van der Waals surface area contributed by atoms with E-state index >= 15 is 0 Å². The lowest BCUT2D eigenvalue weighted by Crippen LogP contribution is -2.59. The zero-order valence-corrected chi connectivity index (χ0v) is 25.0. The fourth-order valence-electron chi connectivity index (χ4n) is 6.47. The number of rotatable bonds is 4. The predicted octanol–water partition coefficient (Wildman–Crippen LogP) is 7.86. The van der Waals surface area contributed by atoms with E-state index in [9.17, 15) is 0 Å². The molecule has 1 spiro atoms. The van der Waals surface area contributed by atoms with E-state index in [1.165, 1.54) is 80.2 Å². The highest BCUT2D eigenvalue weighted by molar-refractivity contribution is 5.64. The summed E-state index contributed by atoms with van der Waals surface area (Å²) >= 11 is 0. The van der Waals surface area contributed by atoms with Gasteiger partial charge in [0.1, 0.15) is 6.29 Å². The molecule has 4 nitrogen and oxygen atoms in total. The Kier molecular flexibility index (Phi) is 10.2. The number of hydrogen-bond acceptors (Lipinski definition) is 4. The second-order valence-electron chi connectivity index (χ2n) is 11.7. The van der Waals surface area contributed by atoms with E-state index in [0.717, 1.165) is 25.8 Å². The Hall–Kier alpha value is -3.40. The average Bonchev–Trinajstić information content (AvgIpc) is 2.97. The van der Waals surface area contributed by atoms with Gasteiger partial charge in [-0.2, -0.15) is 0 Å². The molecule has 3 aromatic rings. The van der Waals surface area contributed by atoms with Crippen LogP contribution in [0.1, 0.15) is 80.2 Å². The number of piperidine rings is 1. The lowest BCUT2D eigenvalue weighted by molar-refractivity contribution is -0.106. The minimum atomic E-state index is 0.494. The Morgan fingerprint density at radius 2 is 1.75 bits per heavy atom. The molecule has 3 aliphatic rings. The fraction of sp³-hybridized carbons (Fsp3) is 0.444. The van der Waals surface area contributed by atoms with Crippen molar-refractivity contribution >= 4 is 17.7 Å². The minimum Gasteiger partial charge on any atom is -0.371 e. The van der Waals surface area contributed by atoms with Gasteiger partial charge >= 0.3 is 0 Å². The lowest BCUT2D eigenvalue weighted by atomic mass is 9.71. The van der Waals surface area contributed by atoms with Crippen LogP contribution in [0.4, 0.5) is 5.69 Å². The molecule has 1 unspecified atom stereocenters. The molecule has 0 bridgehead atoms. The van der Waals surface area contributed by atoms with Crippen molar-refractivity contribution in [3.63, 3.8) is 0 Å². The molecule has 2 aliphatic heterocycles. The normalized spacial score (nSPS) is 18.8. The molecule has 0 radical (unpaired) electrons. The molecule has 1 aliphatic carbocycles. The topological polar surface area (TPSA) is 36.4 Å². The van der Waals surface area contributed by atoms with Crippen LogP contribution in [0.25, 0.3) is 5.70 Å². The number of hydrogen-bond donors (Lipinski definition) is 0. The van der Waals surface area contributed by atoms with Gasteiger partial charge in [0.2, 0.25) is 0 Å². The van der Waals surface area contributed by atoms with E-state index in [-0.39, 0.29) is 0 Å². The third kappa shape index (κ3) is 7.02. The molecule has 0 saturated carbocycles. The Bertz CT molecular complexity index is 1250. The van der Waals surface area contributed by atoms with Crippen LogP contribution >= 0.6 is 0 Å². The van der Waals surface area contributed by atoms with Crippen LogP contribution in [0, 0.1) is 12.3 Å². The smallest absolute Gasteiger partial charge is 0.116 e. The SMILES string of the molecule is C=C(c1ccc2c(c1)C(C)CCC2)N1CC2(CCN(c3ccncc3)CC2)C1.CC=O.CCc1ccccc1C. The first-order valence-corrected chi connectivity index (χ1v) is 15.1. The van der Waals surface area contributed by atoms with Crippen molar-refractivity contribution in [1.29, 1.82) is 0 Å². The van der Waals surface area contributed by atoms with Crippen molar-refractivity contribution in [2.45, 2.75) is 72.1 Å². The molecular formula is C36H47N3O. The highest BCUT2D eigenvalue weighted by Crippen LogP contribution is 2.44. The summed E-state index contributed by atoms with van der Waals surface area (Å²) in [7, 11) is 0. The highest BCUT2D eigenvalue weighted by atomic mass is 16.1. The van der Waals surface area contributed by atoms with Gasteiger partial charge < -0.3 is 14.6 Å². The van der Waals surface area contributed by atoms with Gasteiger partial charge in [0.25, 0.3) is 0 Å². The number of carbonyl (C=O) groups is 1. The van der Waals surface area contributed by atoms with Gasteiger partial charge in [-0.3, -0.25) is 4.98 Å². The van der Waals surface area contributed by atoms with Crippen molar-refractivity contribution in [2.24, 2.45) is 5.41 Å². The largest absolute Gasteiger partial charge is 0.371 e. The van der Waals surface area contributed by atoms with Gasteiger partial charge in [-0.1, -0.05) is 56.8 Å². The summed E-state index contributed by atoms with van der Waals surface area (Å²) in [4.78, 5) is 18.0. The van der Waals surface area contributed by atoms with E-state index in [0.29, 0.717) is 11.3 Å². The molecule has 3 heterocycles. The first kappa shape index (κ1) is 29.6.